The summed E-state index contributed by atoms with van der Waals surface area (Å²) in [6.45, 7) is 2.22. The predicted molar refractivity (Wildman–Crippen MR) is 108 cm³/mol. The standard InChI is InChI=1S/C17H26BrO.C5H5.Fe/c1-15(18)10-7-5-3-2-4-6-8-11-16-12-9-13-17(16)14-19;1-2-4-5-3-1;/h9,12-15H,2-8,10-11H2,1H3;1-5H;/q-1;-5;. The van der Waals surface area contributed by atoms with E-state index in [4.69, 9.17) is 0 Å². The summed E-state index contributed by atoms with van der Waals surface area (Å²) >= 11 is 3.58. The number of halogens is 1. The molecule has 0 aliphatic carbocycles. The molecule has 0 heterocycles. The van der Waals surface area contributed by atoms with Crippen molar-refractivity contribution >= 4 is 22.2 Å². The van der Waals surface area contributed by atoms with Gasteiger partial charge in [-0.1, -0.05) is 74.2 Å². The van der Waals surface area contributed by atoms with Gasteiger partial charge in [-0.25, -0.2) is 0 Å². The summed E-state index contributed by atoms with van der Waals surface area (Å²) in [5, 5.41) is 0. The minimum atomic E-state index is 0. The van der Waals surface area contributed by atoms with Crippen LogP contribution in [0.15, 0.2) is 48.5 Å². The molecule has 0 aromatic heterocycles. The molecular weight excluding hydrogens is 416 g/mol. The van der Waals surface area contributed by atoms with E-state index in [0.717, 1.165) is 18.3 Å². The molecule has 25 heavy (non-hydrogen) atoms. The third-order valence-corrected chi connectivity index (χ3v) is 4.63. The van der Waals surface area contributed by atoms with E-state index >= 15 is 0 Å². The minimum absolute atomic E-state index is 0. The fraction of sp³-hybridized carbons (Fsp3) is 0.500. The van der Waals surface area contributed by atoms with Crippen molar-refractivity contribution in [3.05, 3.63) is 59.7 Å². The molecule has 0 saturated carbocycles. The quantitative estimate of drug-likeness (QED) is 0.118. The third-order valence-electron chi connectivity index (χ3n) is 4.17. The fourth-order valence-electron chi connectivity index (χ4n) is 2.76. The molecule has 1 atom stereocenters. The first-order chi connectivity index (χ1) is 11.7. The van der Waals surface area contributed by atoms with Crippen molar-refractivity contribution in [2.75, 3.05) is 0 Å². The van der Waals surface area contributed by atoms with Crippen LogP contribution in [0.1, 0.15) is 74.2 Å². The van der Waals surface area contributed by atoms with Crippen LogP contribution in [-0.2, 0) is 23.5 Å². The van der Waals surface area contributed by atoms with Crippen LogP contribution in [0.25, 0.3) is 0 Å². The molecule has 0 amide bonds. The first kappa shape index (κ1) is 24.4. The van der Waals surface area contributed by atoms with Crippen molar-refractivity contribution in [1.82, 2.24) is 0 Å². The number of rotatable bonds is 11. The van der Waals surface area contributed by atoms with Crippen molar-refractivity contribution in [3.8, 4) is 0 Å². The van der Waals surface area contributed by atoms with Crippen LogP contribution in [0, 0.1) is 0 Å². The predicted octanol–water partition coefficient (Wildman–Crippen LogP) is 7.07. The van der Waals surface area contributed by atoms with Crippen LogP contribution >= 0.6 is 15.9 Å². The zero-order valence-electron chi connectivity index (χ0n) is 15.3. The third kappa shape index (κ3) is 13.3. The summed E-state index contributed by atoms with van der Waals surface area (Å²) in [5.41, 5.74) is 2.10. The van der Waals surface area contributed by atoms with E-state index in [1.54, 1.807) is 0 Å². The molecular formula is C22H31BrFeO-6. The zero-order chi connectivity index (χ0) is 17.5. The molecule has 2 rings (SSSR count). The molecule has 2 aromatic rings. The average molecular weight is 447 g/mol. The number of aldehydes is 1. The maximum atomic E-state index is 10.8. The zero-order valence-corrected chi connectivity index (χ0v) is 18.0. The molecule has 146 valence electrons. The van der Waals surface area contributed by atoms with Crippen molar-refractivity contribution in [2.45, 2.75) is 69.5 Å². The maximum Gasteiger partial charge on any atom is 0.0652 e. The molecule has 0 radical (unpaired) electrons. The topological polar surface area (TPSA) is 17.1 Å². The second kappa shape index (κ2) is 16.8. The Morgan fingerprint density at radius 1 is 1.00 bits per heavy atom. The Labute approximate surface area is 172 Å². The van der Waals surface area contributed by atoms with Gasteiger partial charge in [0.25, 0.3) is 0 Å². The molecule has 3 heteroatoms. The monoisotopic (exact) mass is 446 g/mol. The molecule has 2 aromatic carbocycles. The number of hydrogen-bond donors (Lipinski definition) is 0. The summed E-state index contributed by atoms with van der Waals surface area (Å²) in [6.07, 6.45) is 12.6. The molecule has 0 saturated heterocycles. The first-order valence-corrected chi connectivity index (χ1v) is 10.2. The molecule has 0 spiro atoms. The SMILES string of the molecule is CC(Br)CCCCCCCCC[c-]1cccc1C=O.[Fe].[cH-]1[cH-][cH-][cH-][cH-]1. The van der Waals surface area contributed by atoms with Crippen LogP contribution in [0.2, 0.25) is 0 Å². The summed E-state index contributed by atoms with van der Waals surface area (Å²) in [4.78, 5) is 11.4. The van der Waals surface area contributed by atoms with E-state index in [0.29, 0.717) is 4.83 Å². The Hall–Kier alpha value is -0.631. The smallest absolute Gasteiger partial charge is 0.0652 e. The van der Waals surface area contributed by atoms with Crippen molar-refractivity contribution in [2.24, 2.45) is 0 Å². The Kier molecular flexibility index (Phi) is 16.4. The molecule has 0 aliphatic heterocycles. The van der Waals surface area contributed by atoms with Crippen LogP contribution in [0.3, 0.4) is 0 Å². The average Bonchev–Trinajstić information content (AvgIpc) is 3.27. The molecule has 1 nitrogen and oxygen atoms in total. The number of unbranched alkanes of at least 4 members (excludes halogenated alkanes) is 6. The van der Waals surface area contributed by atoms with Gasteiger partial charge in [-0.3, -0.25) is 0 Å². The number of alkyl halides is 1. The largest absolute Gasteiger partial charge is 0.748 e. The van der Waals surface area contributed by atoms with Gasteiger partial charge in [0.2, 0.25) is 0 Å². The maximum absolute atomic E-state index is 10.8. The Balaban J connectivity index is 0.000000820. The molecule has 0 N–H and O–H groups in total. The second-order valence-corrected chi connectivity index (χ2v) is 7.94. The van der Waals surface area contributed by atoms with E-state index in [1.807, 2.05) is 42.5 Å². The van der Waals surface area contributed by atoms with Crippen molar-refractivity contribution in [3.63, 3.8) is 0 Å². The van der Waals surface area contributed by atoms with E-state index < -0.39 is 0 Å². The van der Waals surface area contributed by atoms with Crippen LogP contribution in [-0.4, -0.2) is 11.1 Å². The van der Waals surface area contributed by atoms with Crippen LogP contribution in [0.5, 0.6) is 0 Å². The van der Waals surface area contributed by atoms with Gasteiger partial charge in [-0.15, -0.1) is 11.1 Å². The first-order valence-electron chi connectivity index (χ1n) is 9.24. The molecule has 1 unspecified atom stereocenters. The normalized spacial score (nSPS) is 11.1. The van der Waals surface area contributed by atoms with Gasteiger partial charge in [0.1, 0.15) is 0 Å². The second-order valence-electron chi connectivity index (χ2n) is 6.38. The molecule has 0 aliphatic rings. The summed E-state index contributed by atoms with van der Waals surface area (Å²) in [6, 6.07) is 16.0. The van der Waals surface area contributed by atoms with E-state index in [9.17, 15) is 4.79 Å². The molecule has 0 bridgehead atoms. The van der Waals surface area contributed by atoms with Gasteiger partial charge < -0.3 is 35.1 Å². The van der Waals surface area contributed by atoms with Gasteiger partial charge in [0.15, 0.2) is 0 Å². The van der Waals surface area contributed by atoms with E-state index in [-0.39, 0.29) is 17.1 Å². The number of carbonyl (C=O) groups excluding carboxylic acids is 1. The van der Waals surface area contributed by atoms with Gasteiger partial charge in [0.05, 0.1) is 6.29 Å². The Morgan fingerprint density at radius 3 is 2.04 bits per heavy atom. The molecule has 0 fully saturated rings. The van der Waals surface area contributed by atoms with Crippen LogP contribution in [0.4, 0.5) is 0 Å². The van der Waals surface area contributed by atoms with Gasteiger partial charge in [0, 0.05) is 21.9 Å². The Bertz CT molecular complexity index is 485. The Morgan fingerprint density at radius 2 is 1.52 bits per heavy atom. The van der Waals surface area contributed by atoms with E-state index in [2.05, 4.69) is 28.9 Å². The summed E-state index contributed by atoms with van der Waals surface area (Å²) in [5.74, 6) is 0. The van der Waals surface area contributed by atoms with Gasteiger partial charge in [-0.2, -0.15) is 18.2 Å². The summed E-state index contributed by atoms with van der Waals surface area (Å²) in [7, 11) is 0. The summed E-state index contributed by atoms with van der Waals surface area (Å²) < 4.78 is 0. The fourth-order valence-corrected chi connectivity index (χ4v) is 3.08. The van der Waals surface area contributed by atoms with E-state index in [1.165, 1.54) is 56.9 Å². The minimum Gasteiger partial charge on any atom is -0.748 e. The number of carbonyl (C=O) groups is 1. The van der Waals surface area contributed by atoms with Gasteiger partial charge in [-0.05, 0) is 6.42 Å². The van der Waals surface area contributed by atoms with Crippen LogP contribution < -0.4 is 0 Å². The van der Waals surface area contributed by atoms with Crippen molar-refractivity contribution < 1.29 is 21.9 Å². The number of aryl methyl sites for hydroxylation is 1. The number of hydrogen-bond acceptors (Lipinski definition) is 1. The van der Waals surface area contributed by atoms with Gasteiger partial charge >= 0.3 is 0 Å². The van der Waals surface area contributed by atoms with Crippen molar-refractivity contribution in [1.29, 1.82) is 0 Å².